The number of aromatic nitrogens is 1. The molecule has 1 aromatic heterocycles. The largest absolute Gasteiger partial charge is 0.490 e. The van der Waals surface area contributed by atoms with Gasteiger partial charge in [0, 0.05) is 24.1 Å². The van der Waals surface area contributed by atoms with E-state index in [1.807, 2.05) is 18.2 Å². The summed E-state index contributed by atoms with van der Waals surface area (Å²) in [5.74, 6) is -0.547. The maximum absolute atomic E-state index is 12.1. The van der Waals surface area contributed by atoms with Crippen molar-refractivity contribution in [2.75, 3.05) is 6.54 Å². The summed E-state index contributed by atoms with van der Waals surface area (Å²) in [5.41, 5.74) is 3.79. The van der Waals surface area contributed by atoms with Crippen molar-refractivity contribution in [3.63, 3.8) is 0 Å². The number of carbonyl (C=O) groups is 2. The van der Waals surface area contributed by atoms with Crippen molar-refractivity contribution in [2.45, 2.75) is 32.3 Å². The summed E-state index contributed by atoms with van der Waals surface area (Å²) in [6, 6.07) is 23.5. The molecule has 1 amide bonds. The van der Waals surface area contributed by atoms with Gasteiger partial charge in [-0.05, 0) is 48.4 Å². The van der Waals surface area contributed by atoms with Gasteiger partial charge in [0.05, 0.1) is 16.6 Å². The van der Waals surface area contributed by atoms with Crippen molar-refractivity contribution >= 4 is 33.4 Å². The monoisotopic (exact) mass is 474 g/mol. The number of hydrogen-bond donors (Lipinski definition) is 2. The molecule has 34 heavy (non-hydrogen) atoms. The number of fused-ring (bicyclic) bond motifs is 1. The molecular weight excluding hydrogens is 448 g/mol. The number of hydrogen-bond acceptors (Lipinski definition) is 5. The number of benzene rings is 3. The molecule has 0 saturated heterocycles. The van der Waals surface area contributed by atoms with Crippen molar-refractivity contribution in [1.82, 2.24) is 10.3 Å². The molecule has 0 aliphatic heterocycles. The molecule has 4 rings (SSSR count). The maximum Gasteiger partial charge on any atom is 0.305 e. The van der Waals surface area contributed by atoms with Gasteiger partial charge >= 0.3 is 5.97 Å². The van der Waals surface area contributed by atoms with E-state index in [2.05, 4.69) is 42.6 Å². The van der Waals surface area contributed by atoms with Crippen LogP contribution in [-0.2, 0) is 11.2 Å². The predicted octanol–water partition coefficient (Wildman–Crippen LogP) is 5.57. The number of amides is 1. The summed E-state index contributed by atoms with van der Waals surface area (Å²) in [7, 11) is 0. The Labute approximate surface area is 202 Å². The maximum atomic E-state index is 12.1. The van der Waals surface area contributed by atoms with Crippen LogP contribution in [0.3, 0.4) is 0 Å². The van der Waals surface area contributed by atoms with Crippen LogP contribution in [0.15, 0.2) is 72.8 Å². The van der Waals surface area contributed by atoms with E-state index in [0.717, 1.165) is 28.9 Å². The highest BCUT2D eigenvalue weighted by molar-refractivity contribution is 7.21. The van der Waals surface area contributed by atoms with Gasteiger partial charge in [-0.2, -0.15) is 0 Å². The fraction of sp³-hybridized carbons (Fsp3) is 0.222. The van der Waals surface area contributed by atoms with E-state index < -0.39 is 5.97 Å². The quantitative estimate of drug-likeness (QED) is 0.314. The van der Waals surface area contributed by atoms with Crippen LogP contribution in [0.1, 0.15) is 35.7 Å². The van der Waals surface area contributed by atoms with Crippen molar-refractivity contribution < 1.29 is 19.4 Å². The van der Waals surface area contributed by atoms with E-state index in [1.54, 1.807) is 35.6 Å². The summed E-state index contributed by atoms with van der Waals surface area (Å²) in [6.45, 7) is 2.19. The molecule has 3 aromatic carbocycles. The second-order valence-corrected chi connectivity index (χ2v) is 8.99. The Morgan fingerprint density at radius 2 is 1.76 bits per heavy atom. The minimum absolute atomic E-state index is 0.00328. The summed E-state index contributed by atoms with van der Waals surface area (Å²) in [6.07, 6.45) is 1.51. The van der Waals surface area contributed by atoms with Crippen LogP contribution in [-0.4, -0.2) is 34.6 Å². The van der Waals surface area contributed by atoms with Gasteiger partial charge < -0.3 is 15.2 Å². The molecule has 1 atom stereocenters. The number of carboxylic acids is 1. The van der Waals surface area contributed by atoms with Gasteiger partial charge in [0.15, 0.2) is 0 Å². The number of rotatable bonds is 10. The number of carboxylic acid groups (broad SMARTS) is 1. The Hall–Kier alpha value is -3.71. The van der Waals surface area contributed by atoms with Crippen LogP contribution in [0.4, 0.5) is 0 Å². The van der Waals surface area contributed by atoms with Crippen molar-refractivity contribution in [3.05, 3.63) is 83.9 Å². The van der Waals surface area contributed by atoms with Crippen molar-refractivity contribution in [3.8, 4) is 16.3 Å². The Morgan fingerprint density at radius 1 is 1.03 bits per heavy atom. The molecule has 0 fully saturated rings. The highest BCUT2D eigenvalue weighted by Gasteiger charge is 2.12. The number of ether oxygens (including phenoxy) is 1. The second-order valence-electron chi connectivity index (χ2n) is 7.96. The second kappa shape index (κ2) is 10.9. The van der Waals surface area contributed by atoms with E-state index in [1.165, 1.54) is 10.3 Å². The predicted molar refractivity (Wildman–Crippen MR) is 134 cm³/mol. The summed E-state index contributed by atoms with van der Waals surface area (Å²) < 4.78 is 7.33. The zero-order valence-electron chi connectivity index (χ0n) is 18.9. The van der Waals surface area contributed by atoms with Crippen molar-refractivity contribution in [2.24, 2.45) is 0 Å². The molecule has 1 heterocycles. The molecule has 6 nitrogen and oxygen atoms in total. The molecule has 0 aliphatic rings. The van der Waals surface area contributed by atoms with Crippen LogP contribution in [0, 0.1) is 0 Å². The third kappa shape index (κ3) is 5.99. The highest BCUT2D eigenvalue weighted by Crippen LogP contribution is 2.30. The molecule has 0 aliphatic carbocycles. The summed E-state index contributed by atoms with van der Waals surface area (Å²) in [5, 5.41) is 12.3. The third-order valence-corrected chi connectivity index (χ3v) is 6.54. The van der Waals surface area contributed by atoms with Crippen LogP contribution in [0.25, 0.3) is 20.8 Å². The first kappa shape index (κ1) is 23.4. The Balaban J connectivity index is 1.35. The topological polar surface area (TPSA) is 88.5 Å². The number of aliphatic carboxylic acids is 1. The SMILES string of the molecule is CCC(Cc1ccc(-c2nc3ccccc3s2)cc1)Oc1ccc(C(=O)NCCC(=O)O)cc1. The molecular formula is C27H26N2O4S. The van der Waals surface area contributed by atoms with Crippen molar-refractivity contribution in [1.29, 1.82) is 0 Å². The zero-order valence-corrected chi connectivity index (χ0v) is 19.7. The van der Waals surface area contributed by atoms with E-state index in [4.69, 9.17) is 14.8 Å². The molecule has 0 spiro atoms. The van der Waals surface area contributed by atoms with Gasteiger partial charge in [0.2, 0.25) is 0 Å². The lowest BCUT2D eigenvalue weighted by Gasteiger charge is -2.18. The smallest absolute Gasteiger partial charge is 0.305 e. The molecule has 1 unspecified atom stereocenters. The Kier molecular flexibility index (Phi) is 7.54. The van der Waals surface area contributed by atoms with E-state index >= 15 is 0 Å². The normalized spacial score (nSPS) is 11.8. The van der Waals surface area contributed by atoms with E-state index in [0.29, 0.717) is 11.3 Å². The average molecular weight is 475 g/mol. The standard InChI is InChI=1S/C27H26N2O4S/c1-2-21(33-22-13-11-19(12-14-22)26(32)28-16-15-25(30)31)17-18-7-9-20(10-8-18)27-29-23-5-3-4-6-24(23)34-27/h3-14,21H,2,15-17H2,1H3,(H,28,32)(H,30,31). The van der Waals surface area contributed by atoms with Gasteiger partial charge in [-0.15, -0.1) is 11.3 Å². The zero-order chi connectivity index (χ0) is 23.9. The van der Waals surface area contributed by atoms with Crippen LogP contribution < -0.4 is 10.1 Å². The van der Waals surface area contributed by atoms with Crippen LogP contribution in [0.5, 0.6) is 5.75 Å². The van der Waals surface area contributed by atoms with Gasteiger partial charge in [-0.3, -0.25) is 9.59 Å². The average Bonchev–Trinajstić information content (AvgIpc) is 3.28. The number of para-hydroxylation sites is 1. The molecule has 0 bridgehead atoms. The van der Waals surface area contributed by atoms with Gasteiger partial charge in [-0.25, -0.2) is 4.98 Å². The molecule has 0 saturated carbocycles. The van der Waals surface area contributed by atoms with Crippen LogP contribution in [0.2, 0.25) is 0 Å². The lowest BCUT2D eigenvalue weighted by molar-refractivity contribution is -0.136. The first-order valence-electron chi connectivity index (χ1n) is 11.2. The van der Waals surface area contributed by atoms with Gasteiger partial charge in [0.25, 0.3) is 5.91 Å². The lowest BCUT2D eigenvalue weighted by Crippen LogP contribution is -2.26. The number of carbonyl (C=O) groups excluding carboxylic acids is 1. The third-order valence-electron chi connectivity index (χ3n) is 5.46. The lowest BCUT2D eigenvalue weighted by atomic mass is 10.0. The first-order chi connectivity index (χ1) is 16.5. The summed E-state index contributed by atoms with van der Waals surface area (Å²) >= 11 is 1.69. The van der Waals surface area contributed by atoms with Gasteiger partial charge in [0.1, 0.15) is 16.9 Å². The molecule has 2 N–H and O–H groups in total. The number of nitrogens with zero attached hydrogens (tertiary/aromatic N) is 1. The molecule has 7 heteroatoms. The highest BCUT2D eigenvalue weighted by atomic mass is 32.1. The molecule has 174 valence electrons. The number of thiazole rings is 1. The fourth-order valence-corrected chi connectivity index (χ4v) is 4.54. The molecule has 0 radical (unpaired) electrons. The van der Waals surface area contributed by atoms with Gasteiger partial charge in [-0.1, -0.05) is 43.3 Å². The Morgan fingerprint density at radius 3 is 2.44 bits per heavy atom. The van der Waals surface area contributed by atoms with E-state index in [9.17, 15) is 9.59 Å². The summed E-state index contributed by atoms with van der Waals surface area (Å²) in [4.78, 5) is 27.4. The minimum Gasteiger partial charge on any atom is -0.490 e. The van der Waals surface area contributed by atoms with Crippen LogP contribution >= 0.6 is 11.3 Å². The molecule has 4 aromatic rings. The minimum atomic E-state index is -0.943. The fourth-order valence-electron chi connectivity index (χ4n) is 3.57. The number of nitrogens with one attached hydrogen (secondary N) is 1. The first-order valence-corrected chi connectivity index (χ1v) is 12.0. The Bertz CT molecular complexity index is 1230. The van der Waals surface area contributed by atoms with E-state index in [-0.39, 0.29) is 25.0 Å².